The van der Waals surface area contributed by atoms with Crippen LogP contribution in [0.25, 0.3) is 0 Å². The molecule has 0 radical (unpaired) electrons. The van der Waals surface area contributed by atoms with Gasteiger partial charge in [0, 0.05) is 22.2 Å². The predicted molar refractivity (Wildman–Crippen MR) is 106 cm³/mol. The molecular formula is C21H17Cl2NO2. The molecule has 0 atom stereocenters. The van der Waals surface area contributed by atoms with E-state index < -0.39 is 0 Å². The van der Waals surface area contributed by atoms with Crippen molar-refractivity contribution >= 4 is 34.8 Å². The van der Waals surface area contributed by atoms with Crippen molar-refractivity contribution < 1.29 is 9.53 Å². The van der Waals surface area contributed by atoms with Crippen molar-refractivity contribution in [2.75, 3.05) is 11.9 Å². The van der Waals surface area contributed by atoms with E-state index in [-0.39, 0.29) is 5.91 Å². The van der Waals surface area contributed by atoms with Crippen molar-refractivity contribution in [3.8, 4) is 5.75 Å². The van der Waals surface area contributed by atoms with Gasteiger partial charge in [0.2, 0.25) is 0 Å². The van der Waals surface area contributed by atoms with Gasteiger partial charge in [0.25, 0.3) is 5.91 Å². The summed E-state index contributed by atoms with van der Waals surface area (Å²) in [6.45, 7) is 0.483. The van der Waals surface area contributed by atoms with Crippen molar-refractivity contribution in [3.05, 3.63) is 94.0 Å². The lowest BCUT2D eigenvalue weighted by Gasteiger charge is -2.12. The van der Waals surface area contributed by atoms with Crippen LogP contribution in [0.1, 0.15) is 15.9 Å². The van der Waals surface area contributed by atoms with E-state index in [2.05, 4.69) is 5.32 Å². The molecule has 0 bridgehead atoms. The smallest absolute Gasteiger partial charge is 0.259 e. The molecule has 26 heavy (non-hydrogen) atoms. The molecule has 0 aliphatic heterocycles. The van der Waals surface area contributed by atoms with Crippen molar-refractivity contribution in [2.45, 2.75) is 6.42 Å². The average molecular weight is 386 g/mol. The molecule has 3 aromatic carbocycles. The van der Waals surface area contributed by atoms with Crippen LogP contribution in [-0.2, 0) is 6.42 Å². The number of para-hydroxylation sites is 1. The van der Waals surface area contributed by atoms with E-state index in [4.69, 9.17) is 27.9 Å². The number of ether oxygens (including phenoxy) is 1. The SMILES string of the molecule is O=C(Nc1cc(Cl)cc(Cl)c1)c1ccccc1OCCc1ccccc1. The highest BCUT2D eigenvalue weighted by molar-refractivity contribution is 6.35. The Morgan fingerprint density at radius 3 is 2.27 bits per heavy atom. The first kappa shape index (κ1) is 18.3. The quantitative estimate of drug-likeness (QED) is 0.576. The summed E-state index contributed by atoms with van der Waals surface area (Å²) in [5, 5.41) is 3.72. The largest absolute Gasteiger partial charge is 0.492 e. The molecular weight excluding hydrogens is 369 g/mol. The van der Waals surface area contributed by atoms with Gasteiger partial charge >= 0.3 is 0 Å². The highest BCUT2D eigenvalue weighted by atomic mass is 35.5. The maximum atomic E-state index is 12.6. The molecule has 1 amide bonds. The highest BCUT2D eigenvalue weighted by Crippen LogP contribution is 2.24. The number of carbonyl (C=O) groups is 1. The van der Waals surface area contributed by atoms with Gasteiger partial charge in [-0.05, 0) is 35.9 Å². The van der Waals surface area contributed by atoms with Gasteiger partial charge in [-0.3, -0.25) is 4.79 Å². The third kappa shape index (κ3) is 5.01. The van der Waals surface area contributed by atoms with Crippen LogP contribution >= 0.6 is 23.2 Å². The second kappa shape index (κ2) is 8.75. The Morgan fingerprint density at radius 1 is 0.885 bits per heavy atom. The van der Waals surface area contributed by atoms with E-state index >= 15 is 0 Å². The van der Waals surface area contributed by atoms with Crippen molar-refractivity contribution in [2.24, 2.45) is 0 Å². The Morgan fingerprint density at radius 2 is 1.54 bits per heavy atom. The summed E-state index contributed by atoms with van der Waals surface area (Å²) in [7, 11) is 0. The van der Waals surface area contributed by atoms with Crippen LogP contribution in [0.15, 0.2) is 72.8 Å². The molecule has 0 spiro atoms. The monoisotopic (exact) mass is 385 g/mol. The van der Waals surface area contributed by atoms with Gasteiger partial charge in [0.15, 0.2) is 0 Å². The summed E-state index contributed by atoms with van der Waals surface area (Å²) in [5.74, 6) is 0.257. The molecule has 0 aliphatic carbocycles. The molecule has 0 aromatic heterocycles. The maximum absolute atomic E-state index is 12.6. The lowest BCUT2D eigenvalue weighted by Crippen LogP contribution is -2.14. The van der Waals surface area contributed by atoms with Crippen LogP contribution < -0.4 is 10.1 Å². The molecule has 1 N–H and O–H groups in total. The number of nitrogens with one attached hydrogen (secondary N) is 1. The summed E-state index contributed by atoms with van der Waals surface area (Å²) in [6, 6.07) is 22.1. The van der Waals surface area contributed by atoms with E-state index in [0.717, 1.165) is 6.42 Å². The van der Waals surface area contributed by atoms with Crippen LogP contribution in [0.4, 0.5) is 5.69 Å². The van der Waals surface area contributed by atoms with Gasteiger partial charge in [-0.25, -0.2) is 0 Å². The van der Waals surface area contributed by atoms with Gasteiger partial charge in [-0.1, -0.05) is 65.7 Å². The van der Waals surface area contributed by atoms with E-state index in [1.807, 2.05) is 36.4 Å². The molecule has 0 saturated carbocycles. The van der Waals surface area contributed by atoms with Gasteiger partial charge in [0.05, 0.1) is 12.2 Å². The molecule has 0 heterocycles. The summed E-state index contributed by atoms with van der Waals surface area (Å²) < 4.78 is 5.83. The molecule has 5 heteroatoms. The van der Waals surface area contributed by atoms with Gasteiger partial charge in [-0.2, -0.15) is 0 Å². The van der Waals surface area contributed by atoms with Crippen LogP contribution in [-0.4, -0.2) is 12.5 Å². The number of amides is 1. The summed E-state index contributed by atoms with van der Waals surface area (Å²) in [4.78, 5) is 12.6. The molecule has 0 unspecified atom stereocenters. The van der Waals surface area contributed by atoms with Crippen molar-refractivity contribution in [1.82, 2.24) is 0 Å². The third-order valence-corrected chi connectivity index (χ3v) is 4.18. The molecule has 0 saturated heterocycles. The van der Waals surface area contributed by atoms with E-state index in [1.165, 1.54) is 5.56 Å². The topological polar surface area (TPSA) is 38.3 Å². The first-order valence-corrected chi connectivity index (χ1v) is 8.90. The van der Waals surface area contributed by atoms with Crippen molar-refractivity contribution in [1.29, 1.82) is 0 Å². The molecule has 3 nitrogen and oxygen atoms in total. The second-order valence-electron chi connectivity index (χ2n) is 5.69. The Labute approximate surface area is 162 Å². The molecule has 3 rings (SSSR count). The van der Waals surface area contributed by atoms with Crippen LogP contribution in [0.5, 0.6) is 5.75 Å². The zero-order chi connectivity index (χ0) is 18.4. The number of rotatable bonds is 6. The third-order valence-electron chi connectivity index (χ3n) is 3.74. The Kier molecular flexibility index (Phi) is 6.16. The number of hydrogen-bond acceptors (Lipinski definition) is 2. The lowest BCUT2D eigenvalue weighted by atomic mass is 10.1. The van der Waals surface area contributed by atoms with Gasteiger partial charge in [0.1, 0.15) is 5.75 Å². The minimum atomic E-state index is -0.279. The van der Waals surface area contributed by atoms with Crippen molar-refractivity contribution in [3.63, 3.8) is 0 Å². The number of halogens is 2. The Hall–Kier alpha value is -2.49. The van der Waals surface area contributed by atoms with E-state index in [1.54, 1.807) is 36.4 Å². The summed E-state index contributed by atoms with van der Waals surface area (Å²) in [6.07, 6.45) is 0.765. The Bertz CT molecular complexity index is 877. The zero-order valence-electron chi connectivity index (χ0n) is 13.9. The minimum Gasteiger partial charge on any atom is -0.492 e. The summed E-state index contributed by atoms with van der Waals surface area (Å²) in [5.41, 5.74) is 2.17. The number of hydrogen-bond donors (Lipinski definition) is 1. The molecule has 0 fully saturated rings. The van der Waals surface area contributed by atoms with Gasteiger partial charge in [-0.15, -0.1) is 0 Å². The number of benzene rings is 3. The van der Waals surface area contributed by atoms with Crippen LogP contribution in [0.2, 0.25) is 10.0 Å². The number of anilines is 1. The maximum Gasteiger partial charge on any atom is 0.259 e. The van der Waals surface area contributed by atoms with Gasteiger partial charge < -0.3 is 10.1 Å². The fraction of sp³-hybridized carbons (Fsp3) is 0.0952. The molecule has 132 valence electrons. The fourth-order valence-electron chi connectivity index (χ4n) is 2.53. The normalized spacial score (nSPS) is 10.4. The molecule has 3 aromatic rings. The molecule has 0 aliphatic rings. The minimum absolute atomic E-state index is 0.279. The van der Waals surface area contributed by atoms with Crippen LogP contribution in [0, 0.1) is 0 Å². The average Bonchev–Trinajstić information content (AvgIpc) is 2.62. The summed E-state index contributed by atoms with van der Waals surface area (Å²) >= 11 is 12.0. The van der Waals surface area contributed by atoms with Crippen LogP contribution in [0.3, 0.4) is 0 Å². The Balaban J connectivity index is 1.68. The predicted octanol–water partition coefficient (Wildman–Crippen LogP) is 5.87. The standard InChI is InChI=1S/C21H17Cl2NO2/c22-16-12-17(23)14-18(13-16)24-21(25)19-8-4-5-9-20(19)26-11-10-15-6-2-1-3-7-15/h1-9,12-14H,10-11H2,(H,24,25). The first-order valence-electron chi connectivity index (χ1n) is 8.15. The second-order valence-corrected chi connectivity index (χ2v) is 6.57. The number of carbonyl (C=O) groups excluding carboxylic acids is 1. The fourth-order valence-corrected chi connectivity index (χ4v) is 3.05. The first-order chi connectivity index (χ1) is 12.6. The lowest BCUT2D eigenvalue weighted by molar-refractivity contribution is 0.102. The van der Waals surface area contributed by atoms with E-state index in [0.29, 0.717) is 33.7 Å². The zero-order valence-corrected chi connectivity index (χ0v) is 15.4. The highest BCUT2D eigenvalue weighted by Gasteiger charge is 2.13. The van der Waals surface area contributed by atoms with E-state index in [9.17, 15) is 4.79 Å².